The molecule has 1 fully saturated rings. The first-order valence-corrected chi connectivity index (χ1v) is 7.05. The summed E-state index contributed by atoms with van der Waals surface area (Å²) in [6, 6.07) is 4.36. The average molecular weight is 245 g/mol. The zero-order valence-electron chi connectivity index (χ0n) is 10.6. The Labute approximate surface area is 107 Å². The van der Waals surface area contributed by atoms with E-state index in [-0.39, 0.29) is 0 Å². The van der Waals surface area contributed by atoms with E-state index in [1.165, 1.54) is 43.4 Å². The summed E-state index contributed by atoms with van der Waals surface area (Å²) in [5.74, 6) is 1.84. The fraction of sp³-hybridized carbons (Fsp3) is 0.600. The molecule has 0 aromatic heterocycles. The van der Waals surface area contributed by atoms with Crippen LogP contribution in [0.3, 0.4) is 0 Å². The molecule has 1 N–H and O–H groups in total. The van der Waals surface area contributed by atoms with Gasteiger partial charge in [-0.1, -0.05) is 19.3 Å². The van der Waals surface area contributed by atoms with Crippen LogP contribution in [0.2, 0.25) is 0 Å². The standard InChI is InChI=1S/C15H19NO2/c1-2-4-15(5-3-1)10-16-12-9-14-13(8-11(12)15)17-6-7-18-14/h8-9,16H,1-7,10H2. The van der Waals surface area contributed by atoms with E-state index in [1.807, 2.05) is 0 Å². The summed E-state index contributed by atoms with van der Waals surface area (Å²) >= 11 is 0. The van der Waals surface area contributed by atoms with Crippen molar-refractivity contribution in [3.63, 3.8) is 0 Å². The van der Waals surface area contributed by atoms with Gasteiger partial charge in [0.15, 0.2) is 11.5 Å². The van der Waals surface area contributed by atoms with E-state index >= 15 is 0 Å². The minimum atomic E-state index is 0.365. The molecule has 1 aliphatic carbocycles. The molecule has 1 spiro atoms. The first-order valence-electron chi connectivity index (χ1n) is 7.05. The molecule has 3 aliphatic rings. The molecule has 18 heavy (non-hydrogen) atoms. The highest BCUT2D eigenvalue weighted by Gasteiger charge is 2.40. The van der Waals surface area contributed by atoms with Crippen LogP contribution in [0.15, 0.2) is 12.1 Å². The minimum absolute atomic E-state index is 0.365. The first kappa shape index (κ1) is 10.5. The van der Waals surface area contributed by atoms with E-state index in [2.05, 4.69) is 17.4 Å². The summed E-state index contributed by atoms with van der Waals surface area (Å²) in [5, 5.41) is 3.58. The van der Waals surface area contributed by atoms with Gasteiger partial charge >= 0.3 is 0 Å². The molecule has 0 amide bonds. The lowest BCUT2D eigenvalue weighted by Gasteiger charge is -2.33. The van der Waals surface area contributed by atoms with Gasteiger partial charge in [0.25, 0.3) is 0 Å². The summed E-state index contributed by atoms with van der Waals surface area (Å²) in [6.45, 7) is 2.42. The molecule has 96 valence electrons. The van der Waals surface area contributed by atoms with E-state index in [1.54, 1.807) is 0 Å². The fourth-order valence-corrected chi connectivity index (χ4v) is 3.71. The van der Waals surface area contributed by atoms with Crippen molar-refractivity contribution in [2.75, 3.05) is 25.1 Å². The Morgan fingerprint density at radius 3 is 2.44 bits per heavy atom. The van der Waals surface area contributed by atoms with Gasteiger partial charge in [-0.25, -0.2) is 0 Å². The molecule has 0 radical (unpaired) electrons. The van der Waals surface area contributed by atoms with E-state index < -0.39 is 0 Å². The molecule has 3 nitrogen and oxygen atoms in total. The largest absolute Gasteiger partial charge is 0.486 e. The minimum Gasteiger partial charge on any atom is -0.486 e. The Kier molecular flexibility index (Phi) is 2.23. The highest BCUT2D eigenvalue weighted by molar-refractivity contribution is 5.67. The number of nitrogens with one attached hydrogen (secondary N) is 1. The molecule has 0 bridgehead atoms. The molecule has 0 atom stereocenters. The van der Waals surface area contributed by atoms with Gasteiger partial charge in [0, 0.05) is 23.7 Å². The lowest BCUT2D eigenvalue weighted by Crippen LogP contribution is -2.31. The van der Waals surface area contributed by atoms with Crippen LogP contribution in [0, 0.1) is 0 Å². The highest BCUT2D eigenvalue weighted by atomic mass is 16.6. The average Bonchev–Trinajstić information content (AvgIpc) is 2.76. The third kappa shape index (κ3) is 1.43. The number of hydrogen-bond donors (Lipinski definition) is 1. The third-order valence-electron chi connectivity index (χ3n) is 4.68. The number of rotatable bonds is 0. The normalized spacial score (nSPS) is 23.6. The van der Waals surface area contributed by atoms with Crippen LogP contribution in [0.25, 0.3) is 0 Å². The van der Waals surface area contributed by atoms with Crippen LogP contribution in [0.5, 0.6) is 11.5 Å². The van der Waals surface area contributed by atoms with Crippen molar-refractivity contribution in [2.24, 2.45) is 0 Å². The molecule has 1 aromatic rings. The molecule has 1 saturated carbocycles. The van der Waals surface area contributed by atoms with E-state index in [0.29, 0.717) is 18.6 Å². The molecule has 0 saturated heterocycles. The van der Waals surface area contributed by atoms with Gasteiger partial charge in [0.2, 0.25) is 0 Å². The first-order chi connectivity index (χ1) is 8.87. The number of benzene rings is 1. The Balaban J connectivity index is 1.79. The van der Waals surface area contributed by atoms with Crippen LogP contribution in [0.4, 0.5) is 5.69 Å². The van der Waals surface area contributed by atoms with Gasteiger partial charge in [-0.3, -0.25) is 0 Å². The van der Waals surface area contributed by atoms with Crippen molar-refractivity contribution in [1.29, 1.82) is 0 Å². The van der Waals surface area contributed by atoms with Crippen LogP contribution in [0.1, 0.15) is 37.7 Å². The molecule has 2 aliphatic heterocycles. The molecule has 4 rings (SSSR count). The lowest BCUT2D eigenvalue weighted by molar-refractivity contribution is 0.171. The van der Waals surface area contributed by atoms with Crippen molar-refractivity contribution >= 4 is 5.69 Å². The molecular weight excluding hydrogens is 226 g/mol. The van der Waals surface area contributed by atoms with E-state index in [4.69, 9.17) is 9.47 Å². The monoisotopic (exact) mass is 245 g/mol. The second-order valence-corrected chi connectivity index (χ2v) is 5.74. The zero-order valence-corrected chi connectivity index (χ0v) is 10.6. The van der Waals surface area contributed by atoms with E-state index in [0.717, 1.165) is 18.0 Å². The van der Waals surface area contributed by atoms with Crippen molar-refractivity contribution in [3.8, 4) is 11.5 Å². The fourth-order valence-electron chi connectivity index (χ4n) is 3.71. The molecule has 0 unspecified atom stereocenters. The van der Waals surface area contributed by atoms with Gasteiger partial charge in [-0.2, -0.15) is 0 Å². The van der Waals surface area contributed by atoms with Crippen LogP contribution in [-0.4, -0.2) is 19.8 Å². The van der Waals surface area contributed by atoms with Crippen molar-refractivity contribution < 1.29 is 9.47 Å². The summed E-state index contributed by atoms with van der Waals surface area (Å²) in [7, 11) is 0. The Morgan fingerprint density at radius 1 is 0.944 bits per heavy atom. The number of ether oxygens (including phenoxy) is 2. The molecular formula is C15H19NO2. The van der Waals surface area contributed by atoms with Crippen molar-refractivity contribution in [3.05, 3.63) is 17.7 Å². The number of fused-ring (bicyclic) bond motifs is 3. The number of anilines is 1. The van der Waals surface area contributed by atoms with Gasteiger partial charge in [-0.05, 0) is 24.5 Å². The quantitative estimate of drug-likeness (QED) is 0.762. The van der Waals surface area contributed by atoms with Gasteiger partial charge < -0.3 is 14.8 Å². The summed E-state index contributed by atoms with van der Waals surface area (Å²) in [4.78, 5) is 0. The Bertz CT molecular complexity index is 478. The maximum Gasteiger partial charge on any atom is 0.163 e. The van der Waals surface area contributed by atoms with Crippen molar-refractivity contribution in [1.82, 2.24) is 0 Å². The Hall–Kier alpha value is -1.38. The van der Waals surface area contributed by atoms with Gasteiger partial charge in [0.1, 0.15) is 13.2 Å². The lowest BCUT2D eigenvalue weighted by atomic mass is 9.71. The maximum atomic E-state index is 5.73. The van der Waals surface area contributed by atoms with Gasteiger partial charge in [-0.15, -0.1) is 0 Å². The maximum absolute atomic E-state index is 5.73. The SMILES string of the molecule is c1c2c(cc3c1OCCO3)C1(CCCCC1)CN2. The van der Waals surface area contributed by atoms with Crippen LogP contribution in [-0.2, 0) is 5.41 Å². The predicted octanol–water partition coefficient (Wildman–Crippen LogP) is 3.09. The molecule has 3 heteroatoms. The van der Waals surface area contributed by atoms with E-state index in [9.17, 15) is 0 Å². The second-order valence-electron chi connectivity index (χ2n) is 5.74. The Morgan fingerprint density at radius 2 is 1.67 bits per heavy atom. The highest BCUT2D eigenvalue weighted by Crippen LogP contribution is 2.50. The summed E-state index contributed by atoms with van der Waals surface area (Å²) < 4.78 is 11.4. The van der Waals surface area contributed by atoms with Crippen LogP contribution < -0.4 is 14.8 Å². The smallest absolute Gasteiger partial charge is 0.163 e. The summed E-state index contributed by atoms with van der Waals surface area (Å²) in [6.07, 6.45) is 6.73. The number of hydrogen-bond acceptors (Lipinski definition) is 3. The zero-order chi connectivity index (χ0) is 12.0. The van der Waals surface area contributed by atoms with Crippen molar-refractivity contribution in [2.45, 2.75) is 37.5 Å². The topological polar surface area (TPSA) is 30.5 Å². The second kappa shape index (κ2) is 3.81. The van der Waals surface area contributed by atoms with Gasteiger partial charge in [0.05, 0.1) is 0 Å². The molecule has 1 aromatic carbocycles. The summed E-state index contributed by atoms with van der Waals surface area (Å²) in [5.41, 5.74) is 3.09. The predicted molar refractivity (Wildman–Crippen MR) is 70.7 cm³/mol. The molecule has 2 heterocycles. The van der Waals surface area contributed by atoms with Crippen LogP contribution >= 0.6 is 0 Å². The third-order valence-corrected chi connectivity index (χ3v) is 4.68.